The first kappa shape index (κ1) is 18.1. The molecule has 0 amide bonds. The number of hydrogen-bond acceptors (Lipinski definition) is 4. The number of nitrogens with one attached hydrogen (secondary N) is 2. The van der Waals surface area contributed by atoms with Crippen molar-refractivity contribution in [3.05, 3.63) is 57.6 Å². The van der Waals surface area contributed by atoms with Gasteiger partial charge >= 0.3 is 0 Å². The van der Waals surface area contributed by atoms with Gasteiger partial charge in [-0.25, -0.2) is 0 Å². The summed E-state index contributed by atoms with van der Waals surface area (Å²) in [5.41, 5.74) is 9.73. The van der Waals surface area contributed by atoms with Crippen LogP contribution in [-0.4, -0.2) is 30.2 Å². The molecule has 2 aromatic carbocycles. The van der Waals surface area contributed by atoms with Gasteiger partial charge in [-0.2, -0.15) is 0 Å². The minimum atomic E-state index is 0.478. The molecule has 0 atom stereocenters. The lowest BCUT2D eigenvalue weighted by molar-refractivity contribution is 0.388. The van der Waals surface area contributed by atoms with E-state index in [1.54, 1.807) is 0 Å². The van der Waals surface area contributed by atoms with E-state index >= 15 is 0 Å². The van der Waals surface area contributed by atoms with E-state index < -0.39 is 0 Å². The van der Waals surface area contributed by atoms with Crippen molar-refractivity contribution in [2.45, 2.75) is 19.4 Å². The summed E-state index contributed by atoms with van der Waals surface area (Å²) in [6, 6.07) is 11.1. The minimum absolute atomic E-state index is 0.478. The number of rotatable bonds is 6. The molecule has 0 unspecified atom stereocenters. The van der Waals surface area contributed by atoms with E-state index in [2.05, 4.69) is 10.2 Å². The first-order valence-electron chi connectivity index (χ1n) is 8.41. The Morgan fingerprint density at radius 1 is 1.12 bits per heavy atom. The van der Waals surface area contributed by atoms with Gasteiger partial charge in [0.2, 0.25) is 0 Å². The van der Waals surface area contributed by atoms with E-state index in [9.17, 15) is 0 Å². The zero-order valence-corrected chi connectivity index (χ0v) is 15.5. The van der Waals surface area contributed by atoms with Gasteiger partial charge < -0.3 is 16.5 Å². The van der Waals surface area contributed by atoms with Crippen LogP contribution < -0.4 is 11.1 Å². The predicted molar refractivity (Wildman–Crippen MR) is 107 cm³/mol. The van der Waals surface area contributed by atoms with Crippen molar-refractivity contribution in [1.82, 2.24) is 4.90 Å². The van der Waals surface area contributed by atoms with Gasteiger partial charge in [0.1, 0.15) is 0 Å². The molecule has 0 aromatic heterocycles. The average Bonchev–Trinajstić information content (AvgIpc) is 3.07. The van der Waals surface area contributed by atoms with E-state index in [0.29, 0.717) is 34.5 Å². The van der Waals surface area contributed by atoms with E-state index in [1.165, 1.54) is 12.8 Å². The molecule has 4 nitrogen and oxygen atoms in total. The lowest BCUT2D eigenvalue weighted by Crippen LogP contribution is -2.27. The van der Waals surface area contributed by atoms with Crippen molar-refractivity contribution in [2.24, 2.45) is 0 Å². The third kappa shape index (κ3) is 4.46. The highest BCUT2D eigenvalue weighted by Gasteiger charge is 2.16. The third-order valence-corrected chi connectivity index (χ3v) is 5.17. The fourth-order valence-electron chi connectivity index (χ4n) is 3.11. The van der Waals surface area contributed by atoms with Gasteiger partial charge in [-0.1, -0.05) is 29.3 Å². The maximum absolute atomic E-state index is 8.50. The number of nitrogen functional groups attached to an aromatic ring is 1. The summed E-state index contributed by atoms with van der Waals surface area (Å²) in [7, 11) is 0. The Bertz CT molecular complexity index is 750. The molecule has 0 radical (unpaired) electrons. The molecule has 0 spiro atoms. The van der Waals surface area contributed by atoms with E-state index in [-0.39, 0.29) is 0 Å². The van der Waals surface area contributed by atoms with E-state index in [0.717, 1.165) is 29.9 Å². The molecular formula is C19H22Cl2N4. The summed E-state index contributed by atoms with van der Waals surface area (Å²) in [6.45, 7) is 3.27. The molecule has 3 rings (SSSR count). The van der Waals surface area contributed by atoms with Crippen LogP contribution in [0.25, 0.3) is 0 Å². The van der Waals surface area contributed by atoms with Gasteiger partial charge in [0, 0.05) is 45.6 Å². The molecule has 0 aliphatic carbocycles. The Kier molecular flexibility index (Phi) is 5.84. The molecule has 132 valence electrons. The molecule has 1 aliphatic heterocycles. The second kappa shape index (κ2) is 8.09. The Morgan fingerprint density at radius 2 is 1.80 bits per heavy atom. The molecule has 1 fully saturated rings. The smallest absolute Gasteiger partial charge is 0.0547 e. The van der Waals surface area contributed by atoms with Gasteiger partial charge in [-0.05, 0) is 56.3 Å². The standard InChI is InChI=1S/C19H22Cl2N4/c20-16-4-3-5-17(21)15(16)11-24-19-10-13(22)6-7-14(19)18(23)12-25-8-1-2-9-25/h3-7,10,23-24H,1-2,8-9,11-12,22H2. The van der Waals surface area contributed by atoms with Crippen LogP contribution in [-0.2, 0) is 6.54 Å². The highest BCUT2D eigenvalue weighted by atomic mass is 35.5. The van der Waals surface area contributed by atoms with Crippen molar-refractivity contribution in [2.75, 3.05) is 30.7 Å². The molecular weight excluding hydrogens is 355 g/mol. The maximum Gasteiger partial charge on any atom is 0.0547 e. The predicted octanol–water partition coefficient (Wildman–Crippen LogP) is 4.65. The summed E-state index contributed by atoms with van der Waals surface area (Å²) in [5, 5.41) is 13.1. The number of benzene rings is 2. The van der Waals surface area contributed by atoms with Crippen LogP contribution in [0.1, 0.15) is 24.0 Å². The minimum Gasteiger partial charge on any atom is -0.399 e. The van der Waals surface area contributed by atoms with Crippen molar-refractivity contribution in [1.29, 1.82) is 5.41 Å². The van der Waals surface area contributed by atoms with Gasteiger partial charge in [0.15, 0.2) is 0 Å². The quantitative estimate of drug-likeness (QED) is 0.507. The van der Waals surface area contributed by atoms with E-state index in [4.69, 9.17) is 34.3 Å². The number of halogens is 2. The lowest BCUT2D eigenvalue weighted by Gasteiger charge is -2.19. The monoisotopic (exact) mass is 376 g/mol. The Hall–Kier alpha value is -1.75. The van der Waals surface area contributed by atoms with Gasteiger partial charge in [-0.3, -0.25) is 4.90 Å². The van der Waals surface area contributed by atoms with Gasteiger partial charge in [0.05, 0.1) is 5.71 Å². The number of anilines is 2. The van der Waals surface area contributed by atoms with Crippen molar-refractivity contribution in [3.63, 3.8) is 0 Å². The topological polar surface area (TPSA) is 65.1 Å². The molecule has 1 heterocycles. The molecule has 4 N–H and O–H groups in total. The highest BCUT2D eigenvalue weighted by molar-refractivity contribution is 6.36. The summed E-state index contributed by atoms with van der Waals surface area (Å²) >= 11 is 12.5. The first-order chi connectivity index (χ1) is 12.0. The second-order valence-corrected chi connectivity index (χ2v) is 7.13. The van der Waals surface area contributed by atoms with Gasteiger partial charge in [-0.15, -0.1) is 0 Å². The zero-order valence-electron chi connectivity index (χ0n) is 14.0. The second-order valence-electron chi connectivity index (χ2n) is 6.32. The number of nitrogens with two attached hydrogens (primary N) is 1. The lowest BCUT2D eigenvalue weighted by atomic mass is 10.1. The molecule has 25 heavy (non-hydrogen) atoms. The van der Waals surface area contributed by atoms with E-state index in [1.807, 2.05) is 36.4 Å². The summed E-state index contributed by atoms with van der Waals surface area (Å²) < 4.78 is 0. The number of nitrogens with zero attached hydrogens (tertiary/aromatic N) is 1. The summed E-state index contributed by atoms with van der Waals surface area (Å²) in [5.74, 6) is 0. The van der Waals surface area contributed by atoms with Crippen LogP contribution in [0.3, 0.4) is 0 Å². The largest absolute Gasteiger partial charge is 0.399 e. The Morgan fingerprint density at radius 3 is 2.48 bits per heavy atom. The van der Waals surface area contributed by atoms with Gasteiger partial charge in [0.25, 0.3) is 0 Å². The van der Waals surface area contributed by atoms with Crippen LogP contribution in [0, 0.1) is 5.41 Å². The first-order valence-corrected chi connectivity index (χ1v) is 9.16. The van der Waals surface area contributed by atoms with Crippen LogP contribution in [0.15, 0.2) is 36.4 Å². The fourth-order valence-corrected chi connectivity index (χ4v) is 3.64. The molecule has 1 saturated heterocycles. The van der Waals surface area contributed by atoms with Crippen molar-refractivity contribution in [3.8, 4) is 0 Å². The number of likely N-dealkylation sites (tertiary alicyclic amines) is 1. The highest BCUT2D eigenvalue weighted by Crippen LogP contribution is 2.27. The maximum atomic E-state index is 8.50. The van der Waals surface area contributed by atoms with Crippen LogP contribution in [0.2, 0.25) is 10.0 Å². The Labute approximate surface area is 158 Å². The summed E-state index contributed by atoms with van der Waals surface area (Å²) in [6.07, 6.45) is 2.43. The normalized spacial score (nSPS) is 14.6. The zero-order chi connectivity index (χ0) is 17.8. The Balaban J connectivity index is 1.78. The third-order valence-electron chi connectivity index (χ3n) is 4.47. The van der Waals surface area contributed by atoms with Crippen molar-refractivity contribution < 1.29 is 0 Å². The average molecular weight is 377 g/mol. The SMILES string of the molecule is N=C(CN1CCCC1)c1ccc(N)cc1NCc1c(Cl)cccc1Cl. The molecule has 0 saturated carbocycles. The van der Waals surface area contributed by atoms with Crippen molar-refractivity contribution >= 4 is 40.3 Å². The van der Waals surface area contributed by atoms with Crippen LogP contribution in [0.4, 0.5) is 11.4 Å². The number of hydrogen-bond donors (Lipinski definition) is 3. The van der Waals surface area contributed by atoms with Crippen LogP contribution >= 0.6 is 23.2 Å². The summed E-state index contributed by atoms with van der Waals surface area (Å²) in [4.78, 5) is 2.31. The van der Waals surface area contributed by atoms with Crippen LogP contribution in [0.5, 0.6) is 0 Å². The molecule has 6 heteroatoms. The fraction of sp³-hybridized carbons (Fsp3) is 0.316. The molecule has 2 aromatic rings. The molecule has 0 bridgehead atoms. The molecule has 1 aliphatic rings.